The maximum Gasteiger partial charge on any atom is 0.242 e. The molecule has 0 aromatic heterocycles. The highest BCUT2D eigenvalue weighted by molar-refractivity contribution is 9.11. The number of nitrogens with two attached hydrogens (primary N) is 1. The van der Waals surface area contributed by atoms with Crippen LogP contribution in [0.5, 0.6) is 0 Å². The van der Waals surface area contributed by atoms with Crippen LogP contribution in [-0.2, 0) is 10.0 Å². The number of rotatable bonds is 6. The molecule has 1 atom stereocenters. The van der Waals surface area contributed by atoms with Gasteiger partial charge in [0.2, 0.25) is 10.0 Å². The van der Waals surface area contributed by atoms with E-state index in [9.17, 15) is 8.42 Å². The van der Waals surface area contributed by atoms with Crippen LogP contribution in [0, 0.1) is 0 Å². The van der Waals surface area contributed by atoms with Gasteiger partial charge < -0.3 is 5.73 Å². The molecule has 118 valence electrons. The Bertz CT molecular complexity index is 609. The SMILES string of the molecule is CC(CNS(=O)(=O)c1c(Br)cc(N)cc1Br)N(C)C1CC1. The maximum atomic E-state index is 12.5. The zero-order valence-electron chi connectivity index (χ0n) is 11.9. The Morgan fingerprint density at radius 3 is 2.38 bits per heavy atom. The van der Waals surface area contributed by atoms with Crippen molar-refractivity contribution in [3.63, 3.8) is 0 Å². The van der Waals surface area contributed by atoms with Crippen LogP contribution >= 0.6 is 31.9 Å². The number of nitrogen functional groups attached to an aromatic ring is 1. The number of hydrogen-bond acceptors (Lipinski definition) is 4. The van der Waals surface area contributed by atoms with Crippen LogP contribution in [0.15, 0.2) is 26.0 Å². The third kappa shape index (κ3) is 4.19. The molecule has 8 heteroatoms. The van der Waals surface area contributed by atoms with Crippen LogP contribution in [0.2, 0.25) is 0 Å². The molecular formula is C13H19Br2N3O2S. The van der Waals surface area contributed by atoms with Gasteiger partial charge in [0.15, 0.2) is 0 Å². The van der Waals surface area contributed by atoms with Gasteiger partial charge in [-0.2, -0.15) is 0 Å². The van der Waals surface area contributed by atoms with Gasteiger partial charge in [0.25, 0.3) is 0 Å². The summed E-state index contributed by atoms with van der Waals surface area (Å²) in [6.07, 6.45) is 2.39. The van der Waals surface area contributed by atoms with Crippen molar-refractivity contribution in [2.75, 3.05) is 19.3 Å². The van der Waals surface area contributed by atoms with Crippen LogP contribution in [0.4, 0.5) is 5.69 Å². The van der Waals surface area contributed by atoms with Crippen molar-refractivity contribution in [2.45, 2.75) is 36.7 Å². The zero-order valence-corrected chi connectivity index (χ0v) is 15.9. The van der Waals surface area contributed by atoms with Gasteiger partial charge in [0.1, 0.15) is 4.90 Å². The van der Waals surface area contributed by atoms with Gasteiger partial charge in [0.05, 0.1) is 0 Å². The smallest absolute Gasteiger partial charge is 0.242 e. The van der Waals surface area contributed by atoms with E-state index in [0.29, 0.717) is 27.2 Å². The number of halogens is 2. The van der Waals surface area contributed by atoms with Crippen LogP contribution in [0.3, 0.4) is 0 Å². The van der Waals surface area contributed by atoms with E-state index in [1.165, 1.54) is 12.8 Å². The second-order valence-electron chi connectivity index (χ2n) is 5.41. The molecule has 0 bridgehead atoms. The molecule has 0 amide bonds. The minimum atomic E-state index is -3.60. The molecule has 1 saturated carbocycles. The lowest BCUT2D eigenvalue weighted by Crippen LogP contribution is -2.41. The Balaban J connectivity index is 2.11. The summed E-state index contributed by atoms with van der Waals surface area (Å²) in [6.45, 7) is 2.40. The highest BCUT2D eigenvalue weighted by Gasteiger charge is 2.30. The quantitative estimate of drug-likeness (QED) is 0.666. The third-order valence-electron chi connectivity index (χ3n) is 3.68. The van der Waals surface area contributed by atoms with Crippen LogP contribution in [-0.4, -0.2) is 39.0 Å². The molecule has 0 aliphatic heterocycles. The van der Waals surface area contributed by atoms with Crippen molar-refractivity contribution >= 4 is 47.6 Å². The predicted molar refractivity (Wildman–Crippen MR) is 91.7 cm³/mol. The van der Waals surface area contributed by atoms with Crippen LogP contribution < -0.4 is 10.5 Å². The number of anilines is 1. The summed E-state index contributed by atoms with van der Waals surface area (Å²) in [5, 5.41) is 0. The molecule has 0 radical (unpaired) electrons. The molecule has 1 aromatic rings. The van der Waals surface area contributed by atoms with E-state index in [1.54, 1.807) is 12.1 Å². The van der Waals surface area contributed by atoms with Gasteiger partial charge in [-0.3, -0.25) is 4.90 Å². The molecule has 0 heterocycles. The van der Waals surface area contributed by atoms with Crippen LogP contribution in [0.1, 0.15) is 19.8 Å². The Labute approximate surface area is 142 Å². The number of sulfonamides is 1. The molecule has 0 saturated heterocycles. The van der Waals surface area contributed by atoms with E-state index >= 15 is 0 Å². The highest BCUT2D eigenvalue weighted by atomic mass is 79.9. The first-order valence-electron chi connectivity index (χ1n) is 6.68. The monoisotopic (exact) mass is 439 g/mol. The van der Waals surface area contributed by atoms with Gasteiger partial charge in [-0.25, -0.2) is 13.1 Å². The number of likely N-dealkylation sites (N-methyl/N-ethyl adjacent to an activating group) is 1. The Kier molecular flexibility index (Phi) is 5.36. The maximum absolute atomic E-state index is 12.5. The van der Waals surface area contributed by atoms with Gasteiger partial charge in [-0.15, -0.1) is 0 Å². The summed E-state index contributed by atoms with van der Waals surface area (Å²) >= 11 is 6.53. The van der Waals surface area contributed by atoms with E-state index < -0.39 is 10.0 Å². The van der Waals surface area contributed by atoms with Crippen molar-refractivity contribution in [1.29, 1.82) is 0 Å². The Hall–Kier alpha value is -0.150. The highest BCUT2D eigenvalue weighted by Crippen LogP contribution is 2.32. The summed E-state index contributed by atoms with van der Waals surface area (Å²) in [6, 6.07) is 3.91. The van der Waals surface area contributed by atoms with E-state index in [-0.39, 0.29) is 10.9 Å². The lowest BCUT2D eigenvalue weighted by Gasteiger charge is -2.24. The molecule has 1 unspecified atom stereocenters. The summed E-state index contributed by atoms with van der Waals surface area (Å²) in [4.78, 5) is 2.40. The minimum Gasteiger partial charge on any atom is -0.399 e. The second-order valence-corrected chi connectivity index (χ2v) is 8.82. The average molecular weight is 441 g/mol. The van der Waals surface area contributed by atoms with Crippen molar-refractivity contribution in [3.8, 4) is 0 Å². The first kappa shape index (κ1) is 17.2. The predicted octanol–water partition coefficient (Wildman–Crippen LogP) is 2.55. The Morgan fingerprint density at radius 1 is 1.38 bits per heavy atom. The number of nitrogens with one attached hydrogen (secondary N) is 1. The second kappa shape index (κ2) is 6.54. The zero-order chi connectivity index (χ0) is 15.8. The normalized spacial score (nSPS) is 17.2. The molecule has 1 aromatic carbocycles. The van der Waals surface area contributed by atoms with Gasteiger partial charge in [-0.1, -0.05) is 0 Å². The molecule has 1 fully saturated rings. The third-order valence-corrected chi connectivity index (χ3v) is 6.98. The summed E-state index contributed by atoms with van der Waals surface area (Å²) in [5.41, 5.74) is 6.19. The van der Waals surface area contributed by atoms with Crippen LogP contribution in [0.25, 0.3) is 0 Å². The first-order chi connectivity index (χ1) is 9.72. The lowest BCUT2D eigenvalue weighted by molar-refractivity contribution is 0.248. The standard InChI is InChI=1S/C13H19Br2N3O2S/c1-8(18(2)10-3-4-10)7-17-21(19,20)13-11(14)5-9(16)6-12(13)15/h5-6,8,10,17H,3-4,7,16H2,1-2H3. The molecule has 2 rings (SSSR count). The van der Waals surface area contributed by atoms with Crippen molar-refractivity contribution in [3.05, 3.63) is 21.1 Å². The fourth-order valence-corrected chi connectivity index (χ4v) is 5.86. The summed E-state index contributed by atoms with van der Waals surface area (Å²) in [7, 11) is -1.56. The molecular weight excluding hydrogens is 422 g/mol. The summed E-state index contributed by atoms with van der Waals surface area (Å²) in [5.74, 6) is 0. The van der Waals surface area contributed by atoms with Crippen molar-refractivity contribution < 1.29 is 8.42 Å². The van der Waals surface area contributed by atoms with Gasteiger partial charge in [-0.05, 0) is 70.8 Å². The summed E-state index contributed by atoms with van der Waals surface area (Å²) < 4.78 is 28.5. The molecule has 1 aliphatic rings. The number of benzene rings is 1. The van der Waals surface area contributed by atoms with E-state index in [0.717, 1.165) is 0 Å². The van der Waals surface area contributed by atoms with Gasteiger partial charge >= 0.3 is 0 Å². The van der Waals surface area contributed by atoms with Gasteiger partial charge in [0, 0.05) is 33.3 Å². The molecule has 3 N–H and O–H groups in total. The molecule has 0 spiro atoms. The topological polar surface area (TPSA) is 75.4 Å². The first-order valence-corrected chi connectivity index (χ1v) is 9.75. The molecule has 1 aliphatic carbocycles. The minimum absolute atomic E-state index is 0.151. The fraction of sp³-hybridized carbons (Fsp3) is 0.538. The van der Waals surface area contributed by atoms with Crippen molar-refractivity contribution in [1.82, 2.24) is 9.62 Å². The van der Waals surface area contributed by atoms with E-state index in [2.05, 4.69) is 41.5 Å². The number of nitrogens with zero attached hydrogens (tertiary/aromatic N) is 1. The average Bonchev–Trinajstić information content (AvgIpc) is 3.17. The number of hydrogen-bond donors (Lipinski definition) is 2. The lowest BCUT2D eigenvalue weighted by atomic mass is 10.3. The molecule has 21 heavy (non-hydrogen) atoms. The largest absolute Gasteiger partial charge is 0.399 e. The van der Waals surface area contributed by atoms with E-state index in [4.69, 9.17) is 5.73 Å². The molecule has 5 nitrogen and oxygen atoms in total. The van der Waals surface area contributed by atoms with Crippen molar-refractivity contribution in [2.24, 2.45) is 0 Å². The Morgan fingerprint density at radius 2 is 1.90 bits per heavy atom. The van der Waals surface area contributed by atoms with E-state index in [1.807, 2.05) is 14.0 Å². The fourth-order valence-electron chi connectivity index (χ4n) is 2.12.